The number of aliphatic carboxylic acids is 1. The molecular weight excluding hydrogens is 214 g/mol. The molecule has 3 heteroatoms. The first-order valence-electron chi connectivity index (χ1n) is 6.96. The second kappa shape index (κ2) is 6.39. The summed E-state index contributed by atoms with van der Waals surface area (Å²) in [4.78, 5) is 11.3. The van der Waals surface area contributed by atoms with Crippen LogP contribution < -0.4 is 5.32 Å². The van der Waals surface area contributed by atoms with Gasteiger partial charge < -0.3 is 10.4 Å². The summed E-state index contributed by atoms with van der Waals surface area (Å²) in [6, 6.07) is 0. The molecule has 0 spiro atoms. The Labute approximate surface area is 105 Å². The molecule has 0 aliphatic heterocycles. The van der Waals surface area contributed by atoms with Gasteiger partial charge in [-0.25, -0.2) is 0 Å². The highest BCUT2D eigenvalue weighted by Gasteiger charge is 2.32. The monoisotopic (exact) mass is 241 g/mol. The Morgan fingerprint density at radius 2 is 1.94 bits per heavy atom. The van der Waals surface area contributed by atoms with Gasteiger partial charge in [0.05, 0.1) is 0 Å². The van der Waals surface area contributed by atoms with E-state index < -0.39 is 11.5 Å². The summed E-state index contributed by atoms with van der Waals surface area (Å²) in [5.41, 5.74) is -0.738. The van der Waals surface area contributed by atoms with E-state index in [-0.39, 0.29) is 0 Å². The molecule has 3 nitrogen and oxygen atoms in total. The molecule has 0 aromatic rings. The molecule has 17 heavy (non-hydrogen) atoms. The van der Waals surface area contributed by atoms with Crippen LogP contribution in [0.3, 0.4) is 0 Å². The summed E-state index contributed by atoms with van der Waals surface area (Å²) < 4.78 is 0. The largest absolute Gasteiger partial charge is 0.480 e. The number of hydrogen-bond acceptors (Lipinski definition) is 2. The molecule has 0 saturated heterocycles. The van der Waals surface area contributed by atoms with E-state index in [0.717, 1.165) is 18.9 Å². The van der Waals surface area contributed by atoms with Crippen molar-refractivity contribution in [1.29, 1.82) is 0 Å². The molecule has 0 heterocycles. The highest BCUT2D eigenvalue weighted by molar-refractivity contribution is 5.78. The summed E-state index contributed by atoms with van der Waals surface area (Å²) in [5, 5.41) is 12.6. The Kier molecular flexibility index (Phi) is 5.44. The first-order chi connectivity index (χ1) is 7.98. The van der Waals surface area contributed by atoms with Gasteiger partial charge in [0.1, 0.15) is 5.54 Å². The van der Waals surface area contributed by atoms with Crippen molar-refractivity contribution in [3.05, 3.63) is 0 Å². The molecule has 1 aliphatic rings. The predicted molar refractivity (Wildman–Crippen MR) is 70.1 cm³/mol. The van der Waals surface area contributed by atoms with Crippen molar-refractivity contribution in [2.75, 3.05) is 6.54 Å². The molecule has 100 valence electrons. The minimum atomic E-state index is -0.738. The lowest BCUT2D eigenvalue weighted by Crippen LogP contribution is -2.51. The zero-order chi connectivity index (χ0) is 12.9. The second-order valence-electron chi connectivity index (χ2n) is 5.89. The smallest absolute Gasteiger partial charge is 0.323 e. The van der Waals surface area contributed by atoms with Crippen molar-refractivity contribution < 1.29 is 9.90 Å². The molecule has 0 aromatic heterocycles. The van der Waals surface area contributed by atoms with Gasteiger partial charge in [-0.3, -0.25) is 4.79 Å². The molecule has 0 amide bonds. The minimum Gasteiger partial charge on any atom is -0.480 e. The summed E-state index contributed by atoms with van der Waals surface area (Å²) >= 11 is 0. The molecule has 1 unspecified atom stereocenters. The van der Waals surface area contributed by atoms with E-state index in [4.69, 9.17) is 0 Å². The summed E-state index contributed by atoms with van der Waals surface area (Å²) in [7, 11) is 0. The molecule has 2 N–H and O–H groups in total. The summed E-state index contributed by atoms with van der Waals surface area (Å²) in [6.07, 6.45) is 6.68. The van der Waals surface area contributed by atoms with E-state index >= 15 is 0 Å². The van der Waals surface area contributed by atoms with Gasteiger partial charge in [0.15, 0.2) is 0 Å². The predicted octanol–water partition coefficient (Wildman–Crippen LogP) is 3.05. The lowest BCUT2D eigenvalue weighted by Gasteiger charge is -2.31. The van der Waals surface area contributed by atoms with Crippen LogP contribution in [-0.4, -0.2) is 23.2 Å². The maximum absolute atomic E-state index is 11.3. The highest BCUT2D eigenvalue weighted by Crippen LogP contribution is 2.28. The fourth-order valence-corrected chi connectivity index (χ4v) is 2.67. The average Bonchev–Trinajstić information content (AvgIpc) is 2.28. The van der Waals surface area contributed by atoms with E-state index in [1.54, 1.807) is 0 Å². The first kappa shape index (κ1) is 14.5. The number of hydrogen-bond donors (Lipinski definition) is 2. The van der Waals surface area contributed by atoms with Gasteiger partial charge in [0.25, 0.3) is 0 Å². The molecular formula is C14H27NO2. The molecule has 0 radical (unpaired) electrons. The van der Waals surface area contributed by atoms with E-state index in [9.17, 15) is 9.90 Å². The first-order valence-corrected chi connectivity index (χ1v) is 6.96. The van der Waals surface area contributed by atoms with Crippen molar-refractivity contribution >= 4 is 5.97 Å². The van der Waals surface area contributed by atoms with Gasteiger partial charge in [0.2, 0.25) is 0 Å². The fourth-order valence-electron chi connectivity index (χ4n) is 2.67. The third kappa shape index (κ3) is 4.30. The van der Waals surface area contributed by atoms with Crippen LogP contribution in [0.5, 0.6) is 0 Å². The van der Waals surface area contributed by atoms with Gasteiger partial charge in [0, 0.05) is 0 Å². The Balaban J connectivity index is 2.39. The van der Waals surface area contributed by atoms with E-state index in [2.05, 4.69) is 12.2 Å². The van der Waals surface area contributed by atoms with Gasteiger partial charge in [-0.2, -0.15) is 0 Å². The van der Waals surface area contributed by atoms with Crippen LogP contribution in [0.25, 0.3) is 0 Å². The van der Waals surface area contributed by atoms with Gasteiger partial charge in [-0.15, -0.1) is 0 Å². The Morgan fingerprint density at radius 3 is 2.41 bits per heavy atom. The average molecular weight is 241 g/mol. The van der Waals surface area contributed by atoms with Gasteiger partial charge >= 0.3 is 5.97 Å². The normalized spacial score (nSPS) is 28.6. The quantitative estimate of drug-likeness (QED) is 0.751. The molecule has 0 bridgehead atoms. The van der Waals surface area contributed by atoms with Crippen molar-refractivity contribution in [3.63, 3.8) is 0 Å². The second-order valence-corrected chi connectivity index (χ2v) is 5.89. The molecule has 0 aromatic carbocycles. The van der Waals surface area contributed by atoms with Crippen molar-refractivity contribution in [2.24, 2.45) is 11.8 Å². The van der Waals surface area contributed by atoms with Gasteiger partial charge in [-0.05, 0) is 44.6 Å². The zero-order valence-corrected chi connectivity index (χ0v) is 11.5. The molecule has 1 rings (SSSR count). The van der Waals surface area contributed by atoms with Crippen molar-refractivity contribution in [1.82, 2.24) is 5.32 Å². The molecule has 1 fully saturated rings. The zero-order valence-electron chi connectivity index (χ0n) is 11.5. The van der Waals surface area contributed by atoms with Gasteiger partial charge in [-0.1, -0.05) is 33.1 Å². The Bertz CT molecular complexity index is 247. The Hall–Kier alpha value is -0.570. The van der Waals surface area contributed by atoms with Crippen LogP contribution in [0, 0.1) is 11.8 Å². The maximum atomic E-state index is 11.3. The minimum absolute atomic E-state index is 0.668. The van der Waals surface area contributed by atoms with E-state index in [0.29, 0.717) is 12.3 Å². The van der Waals surface area contributed by atoms with Crippen LogP contribution >= 0.6 is 0 Å². The van der Waals surface area contributed by atoms with Crippen LogP contribution in [-0.2, 0) is 4.79 Å². The topological polar surface area (TPSA) is 49.3 Å². The van der Waals surface area contributed by atoms with Crippen LogP contribution in [0.2, 0.25) is 0 Å². The van der Waals surface area contributed by atoms with Crippen LogP contribution in [0.15, 0.2) is 0 Å². The number of carboxylic acid groups (broad SMARTS) is 1. The third-order valence-corrected chi connectivity index (χ3v) is 4.14. The molecule has 1 saturated carbocycles. The standard InChI is InChI=1S/C14H27NO2/c1-4-9-14(3,13(16)17)15-10-12-7-5-11(2)6-8-12/h11-12,15H,4-10H2,1-3H3,(H,16,17). The lowest BCUT2D eigenvalue weighted by atomic mass is 9.82. The number of nitrogens with one attached hydrogen (secondary N) is 1. The lowest BCUT2D eigenvalue weighted by molar-refractivity contribution is -0.144. The highest BCUT2D eigenvalue weighted by atomic mass is 16.4. The number of carbonyl (C=O) groups is 1. The maximum Gasteiger partial charge on any atom is 0.323 e. The fraction of sp³-hybridized carbons (Fsp3) is 0.929. The molecule has 1 aliphatic carbocycles. The Morgan fingerprint density at radius 1 is 1.35 bits per heavy atom. The van der Waals surface area contributed by atoms with Crippen LogP contribution in [0.4, 0.5) is 0 Å². The van der Waals surface area contributed by atoms with E-state index in [1.165, 1.54) is 25.7 Å². The van der Waals surface area contributed by atoms with E-state index in [1.807, 2.05) is 13.8 Å². The SMILES string of the molecule is CCCC(C)(NCC1CCC(C)CC1)C(=O)O. The van der Waals surface area contributed by atoms with Crippen molar-refractivity contribution in [2.45, 2.75) is 64.8 Å². The summed E-state index contributed by atoms with van der Waals surface area (Å²) in [5.74, 6) is 0.804. The van der Waals surface area contributed by atoms with Crippen molar-refractivity contribution in [3.8, 4) is 0 Å². The molecule has 1 atom stereocenters. The number of carboxylic acids is 1. The summed E-state index contributed by atoms with van der Waals surface area (Å²) in [6.45, 7) is 7.01. The number of rotatable bonds is 6. The van der Waals surface area contributed by atoms with Crippen LogP contribution in [0.1, 0.15) is 59.3 Å². The third-order valence-electron chi connectivity index (χ3n) is 4.14.